The normalized spacial score (nSPS) is 12.1. The van der Waals surface area contributed by atoms with Crippen molar-refractivity contribution in [3.63, 3.8) is 0 Å². The number of aliphatic carboxylic acids is 1. The van der Waals surface area contributed by atoms with Crippen molar-refractivity contribution in [2.24, 2.45) is 5.73 Å². The number of hydrogen-bond acceptors (Lipinski definition) is 3. The zero-order chi connectivity index (χ0) is 22.7. The van der Waals surface area contributed by atoms with Crippen LogP contribution in [0.5, 0.6) is 0 Å². The van der Waals surface area contributed by atoms with E-state index < -0.39 is 12.0 Å². The van der Waals surface area contributed by atoms with Gasteiger partial charge in [0.2, 0.25) is 0 Å². The Morgan fingerprint density at radius 3 is 2.72 bits per heavy atom. The second kappa shape index (κ2) is 9.54. The van der Waals surface area contributed by atoms with Crippen molar-refractivity contribution < 1.29 is 9.90 Å². The van der Waals surface area contributed by atoms with Gasteiger partial charge >= 0.3 is 5.97 Å². The second-order valence-corrected chi connectivity index (χ2v) is 8.67. The first-order chi connectivity index (χ1) is 15.5. The van der Waals surface area contributed by atoms with Crippen LogP contribution in [-0.4, -0.2) is 32.1 Å². The first-order valence-electron chi connectivity index (χ1n) is 10.6. The average Bonchev–Trinajstić information content (AvgIpc) is 3.36. The summed E-state index contributed by atoms with van der Waals surface area (Å²) in [4.78, 5) is 21.7. The van der Waals surface area contributed by atoms with Crippen molar-refractivity contribution in [1.82, 2.24) is 15.0 Å². The molecule has 3 aromatic heterocycles. The molecule has 0 saturated heterocycles. The highest BCUT2D eigenvalue weighted by molar-refractivity contribution is 9.10. The molecule has 0 aliphatic carbocycles. The number of nitrogens with one attached hydrogen (secondary N) is 2. The highest BCUT2D eigenvalue weighted by atomic mass is 79.9. The topological polar surface area (TPSA) is 108 Å². The lowest BCUT2D eigenvalue weighted by Crippen LogP contribution is -2.32. The number of benzene rings is 2. The molecule has 5 rings (SSSR count). The third-order valence-electron chi connectivity index (χ3n) is 5.48. The molecule has 5 N–H and O–H groups in total. The molecule has 1 atom stereocenters. The fraction of sp³-hybridized carbons (Fsp3) is 0.200. The van der Waals surface area contributed by atoms with Crippen LogP contribution in [0.15, 0.2) is 65.4 Å². The van der Waals surface area contributed by atoms with E-state index in [1.807, 2.05) is 36.7 Å². The van der Waals surface area contributed by atoms with Gasteiger partial charge in [0.25, 0.3) is 0 Å². The van der Waals surface area contributed by atoms with Crippen LogP contribution in [0.1, 0.15) is 24.6 Å². The number of para-hydroxylation sites is 1. The van der Waals surface area contributed by atoms with Crippen LogP contribution in [0, 0.1) is 0 Å². The highest BCUT2D eigenvalue weighted by Crippen LogP contribution is 2.29. The molecule has 0 fully saturated rings. The van der Waals surface area contributed by atoms with Gasteiger partial charge in [-0.3, -0.25) is 9.78 Å². The van der Waals surface area contributed by atoms with Crippen molar-refractivity contribution in [2.45, 2.75) is 32.2 Å². The van der Waals surface area contributed by atoms with Crippen LogP contribution >= 0.6 is 15.9 Å². The average molecular weight is 493 g/mol. The molecule has 3 heterocycles. The first-order valence-corrected chi connectivity index (χ1v) is 11.4. The van der Waals surface area contributed by atoms with Gasteiger partial charge in [0.05, 0.1) is 11.2 Å². The van der Waals surface area contributed by atoms with Gasteiger partial charge in [0.1, 0.15) is 6.04 Å². The molecule has 32 heavy (non-hydrogen) atoms. The number of pyridine rings is 1. The number of H-pyrrole nitrogens is 2. The number of aromatic nitrogens is 3. The maximum absolute atomic E-state index is 10.6. The van der Waals surface area contributed by atoms with Crippen molar-refractivity contribution >= 4 is 54.6 Å². The van der Waals surface area contributed by atoms with Crippen LogP contribution in [-0.2, 0) is 17.6 Å². The molecule has 0 unspecified atom stereocenters. The van der Waals surface area contributed by atoms with Crippen molar-refractivity contribution in [2.75, 3.05) is 0 Å². The molecule has 0 spiro atoms. The van der Waals surface area contributed by atoms with Crippen LogP contribution in [0.3, 0.4) is 0 Å². The highest BCUT2D eigenvalue weighted by Gasteiger charge is 2.14. The van der Waals surface area contributed by atoms with E-state index >= 15 is 0 Å². The van der Waals surface area contributed by atoms with Crippen LogP contribution in [0.2, 0.25) is 0 Å². The van der Waals surface area contributed by atoms with Gasteiger partial charge in [-0.2, -0.15) is 0 Å². The standard InChI is InChI=1S/C14H13BrN2.C11H12N2O2/c1-2-3-13-14-10(6-7-16-13)11-8-9(15)4-5-12(11)17-14;12-9(11(14)15)5-7-6-13-10-4-2-1-3-8(7)10/h4-8,17H,2-3H2,1H3;1-4,6,9,13H,5,12H2,(H,14,15)/t;9-/m.0/s1. The van der Waals surface area contributed by atoms with E-state index in [0.29, 0.717) is 6.42 Å². The van der Waals surface area contributed by atoms with E-state index in [-0.39, 0.29) is 0 Å². The summed E-state index contributed by atoms with van der Waals surface area (Å²) in [5.41, 5.74) is 11.0. The second-order valence-electron chi connectivity index (χ2n) is 7.75. The Bertz CT molecular complexity index is 1390. The van der Waals surface area contributed by atoms with E-state index in [9.17, 15) is 4.79 Å². The van der Waals surface area contributed by atoms with Gasteiger partial charge < -0.3 is 20.8 Å². The summed E-state index contributed by atoms with van der Waals surface area (Å²) < 4.78 is 1.11. The van der Waals surface area contributed by atoms with Crippen LogP contribution in [0.25, 0.3) is 32.7 Å². The predicted octanol–water partition coefficient (Wildman–Crippen LogP) is 5.55. The summed E-state index contributed by atoms with van der Waals surface area (Å²) in [5.74, 6) is -0.972. The number of nitrogens with two attached hydrogens (primary N) is 1. The zero-order valence-electron chi connectivity index (χ0n) is 17.7. The SMILES string of the molecule is CCCc1nccc2c1[nH]c1ccc(Br)cc12.N[C@@H](Cc1c[nH]c2ccccc12)C(=O)O. The summed E-state index contributed by atoms with van der Waals surface area (Å²) in [6.45, 7) is 2.18. The molecule has 2 aromatic carbocycles. The number of fused-ring (bicyclic) bond motifs is 4. The first kappa shape index (κ1) is 22.0. The van der Waals surface area contributed by atoms with Crippen molar-refractivity contribution in [3.8, 4) is 0 Å². The molecule has 5 aromatic rings. The molecule has 164 valence electrons. The lowest BCUT2D eigenvalue weighted by Gasteiger charge is -2.04. The number of rotatable bonds is 5. The van der Waals surface area contributed by atoms with Crippen molar-refractivity contribution in [1.29, 1.82) is 0 Å². The molecule has 0 aliphatic rings. The fourth-order valence-electron chi connectivity index (χ4n) is 3.90. The molecular weight excluding hydrogens is 468 g/mol. The number of halogens is 1. The summed E-state index contributed by atoms with van der Waals surface area (Å²) >= 11 is 3.52. The quantitative estimate of drug-likeness (QED) is 0.257. The maximum Gasteiger partial charge on any atom is 0.320 e. The molecule has 0 amide bonds. The van der Waals surface area contributed by atoms with E-state index in [1.165, 1.54) is 21.8 Å². The van der Waals surface area contributed by atoms with Crippen molar-refractivity contribution in [3.05, 3.63) is 76.7 Å². The van der Waals surface area contributed by atoms with Gasteiger partial charge in [0.15, 0.2) is 0 Å². The van der Waals surface area contributed by atoms with E-state index in [0.717, 1.165) is 39.5 Å². The van der Waals surface area contributed by atoms with Gasteiger partial charge in [-0.05, 0) is 42.3 Å². The molecule has 0 bridgehead atoms. The zero-order valence-corrected chi connectivity index (χ0v) is 19.3. The number of aromatic amines is 2. The van der Waals surface area contributed by atoms with Gasteiger partial charge in [0, 0.05) is 50.5 Å². The number of carbonyl (C=O) groups is 1. The lowest BCUT2D eigenvalue weighted by atomic mass is 10.1. The number of aryl methyl sites for hydroxylation is 1. The minimum absolute atomic E-state index is 0.347. The third-order valence-corrected chi connectivity index (χ3v) is 5.97. The number of hydrogen-bond donors (Lipinski definition) is 4. The Morgan fingerprint density at radius 2 is 1.94 bits per heavy atom. The Morgan fingerprint density at radius 1 is 1.12 bits per heavy atom. The maximum atomic E-state index is 10.6. The van der Waals surface area contributed by atoms with Gasteiger partial charge in [-0.25, -0.2) is 0 Å². The van der Waals surface area contributed by atoms with E-state index in [4.69, 9.17) is 10.8 Å². The fourth-order valence-corrected chi connectivity index (χ4v) is 4.26. The Hall–Kier alpha value is -3.16. The van der Waals surface area contributed by atoms with E-state index in [1.54, 1.807) is 0 Å². The van der Waals surface area contributed by atoms with Gasteiger partial charge in [-0.1, -0.05) is 47.5 Å². The molecule has 0 radical (unpaired) electrons. The summed E-state index contributed by atoms with van der Waals surface area (Å²) in [5, 5.41) is 12.3. The van der Waals surface area contributed by atoms with E-state index in [2.05, 4.69) is 62.1 Å². The number of carboxylic acids is 1. The lowest BCUT2D eigenvalue weighted by molar-refractivity contribution is -0.138. The minimum atomic E-state index is -0.972. The largest absolute Gasteiger partial charge is 0.480 e. The molecule has 0 saturated carbocycles. The number of nitrogens with zero attached hydrogens (tertiary/aromatic N) is 1. The summed E-state index contributed by atoms with van der Waals surface area (Å²) in [6.07, 6.45) is 6.20. The summed E-state index contributed by atoms with van der Waals surface area (Å²) in [7, 11) is 0. The Balaban J connectivity index is 0.000000155. The Kier molecular flexibility index (Phi) is 6.58. The molecule has 0 aliphatic heterocycles. The molecular formula is C25H25BrN4O2. The predicted molar refractivity (Wildman–Crippen MR) is 133 cm³/mol. The van der Waals surface area contributed by atoms with Gasteiger partial charge in [-0.15, -0.1) is 0 Å². The molecule has 6 nitrogen and oxygen atoms in total. The summed E-state index contributed by atoms with van der Waals surface area (Å²) in [6, 6.07) is 15.3. The Labute approximate surface area is 194 Å². The van der Waals surface area contributed by atoms with Crippen LogP contribution < -0.4 is 5.73 Å². The number of carboxylic acid groups (broad SMARTS) is 1. The molecule has 7 heteroatoms. The third kappa shape index (κ3) is 4.54. The minimum Gasteiger partial charge on any atom is -0.480 e. The monoisotopic (exact) mass is 492 g/mol. The smallest absolute Gasteiger partial charge is 0.320 e. The van der Waals surface area contributed by atoms with Crippen LogP contribution in [0.4, 0.5) is 0 Å².